The number of benzene rings is 2. The molecule has 0 radical (unpaired) electrons. The average Bonchev–Trinajstić information content (AvgIpc) is 3.09. The van der Waals surface area contributed by atoms with Crippen molar-refractivity contribution in [2.45, 2.75) is 25.9 Å². The van der Waals surface area contributed by atoms with E-state index in [1.165, 1.54) is 0 Å². The van der Waals surface area contributed by atoms with Crippen molar-refractivity contribution < 1.29 is 14.3 Å². The van der Waals surface area contributed by atoms with Crippen LogP contribution in [-0.4, -0.2) is 25.2 Å². The Kier molecular flexibility index (Phi) is 5.53. The maximum Gasteiger partial charge on any atom is 0.255 e. The van der Waals surface area contributed by atoms with Crippen LogP contribution < -0.4 is 10.1 Å². The van der Waals surface area contributed by atoms with Crippen LogP contribution in [0.3, 0.4) is 0 Å². The summed E-state index contributed by atoms with van der Waals surface area (Å²) in [6.45, 7) is 3.35. The Balaban J connectivity index is 1.62. The SMILES string of the molecule is Cc1ccc(C(=O)Nc2cccc(OCC3CCCO3)c2)cc1Br. The van der Waals surface area contributed by atoms with Gasteiger partial charge < -0.3 is 14.8 Å². The maximum atomic E-state index is 12.4. The number of amides is 1. The van der Waals surface area contributed by atoms with Crippen LogP contribution in [-0.2, 0) is 4.74 Å². The van der Waals surface area contributed by atoms with Crippen molar-refractivity contribution in [1.29, 1.82) is 0 Å². The fraction of sp³-hybridized carbons (Fsp3) is 0.316. The van der Waals surface area contributed by atoms with E-state index >= 15 is 0 Å². The van der Waals surface area contributed by atoms with Gasteiger partial charge in [0.2, 0.25) is 0 Å². The number of hydrogen-bond acceptors (Lipinski definition) is 3. The van der Waals surface area contributed by atoms with E-state index in [4.69, 9.17) is 9.47 Å². The lowest BCUT2D eigenvalue weighted by molar-refractivity contribution is 0.0680. The molecule has 1 heterocycles. The van der Waals surface area contributed by atoms with Gasteiger partial charge in [0, 0.05) is 28.4 Å². The molecule has 126 valence electrons. The molecule has 3 rings (SSSR count). The molecule has 1 aliphatic heterocycles. The van der Waals surface area contributed by atoms with Crippen molar-refractivity contribution in [2.75, 3.05) is 18.5 Å². The molecule has 5 heteroatoms. The molecule has 1 atom stereocenters. The van der Waals surface area contributed by atoms with E-state index in [0.29, 0.717) is 17.9 Å². The molecule has 1 amide bonds. The lowest BCUT2D eigenvalue weighted by atomic mass is 10.1. The average molecular weight is 390 g/mol. The molecule has 0 bridgehead atoms. The number of rotatable bonds is 5. The van der Waals surface area contributed by atoms with Gasteiger partial charge in [-0.2, -0.15) is 0 Å². The molecule has 1 aliphatic rings. The molecule has 24 heavy (non-hydrogen) atoms. The molecular formula is C19H20BrNO3. The summed E-state index contributed by atoms with van der Waals surface area (Å²) < 4.78 is 12.2. The molecule has 0 aromatic heterocycles. The first-order valence-electron chi connectivity index (χ1n) is 8.04. The second-order valence-electron chi connectivity index (χ2n) is 5.89. The molecule has 1 saturated heterocycles. The first kappa shape index (κ1) is 17.0. The van der Waals surface area contributed by atoms with Crippen LogP contribution in [0.2, 0.25) is 0 Å². The molecule has 0 spiro atoms. The van der Waals surface area contributed by atoms with E-state index in [1.54, 1.807) is 0 Å². The highest BCUT2D eigenvalue weighted by molar-refractivity contribution is 9.10. The highest BCUT2D eigenvalue weighted by atomic mass is 79.9. The summed E-state index contributed by atoms with van der Waals surface area (Å²) in [6, 6.07) is 13.0. The van der Waals surface area contributed by atoms with Gasteiger partial charge in [-0.1, -0.05) is 28.1 Å². The molecule has 1 fully saturated rings. The number of ether oxygens (including phenoxy) is 2. The second kappa shape index (κ2) is 7.81. The zero-order chi connectivity index (χ0) is 16.9. The molecular weight excluding hydrogens is 370 g/mol. The van der Waals surface area contributed by atoms with E-state index in [9.17, 15) is 4.79 Å². The van der Waals surface area contributed by atoms with Crippen LogP contribution >= 0.6 is 15.9 Å². The van der Waals surface area contributed by atoms with Crippen molar-refractivity contribution in [1.82, 2.24) is 0 Å². The summed E-state index contributed by atoms with van der Waals surface area (Å²) in [7, 11) is 0. The van der Waals surface area contributed by atoms with Gasteiger partial charge in [0.15, 0.2) is 0 Å². The first-order valence-corrected chi connectivity index (χ1v) is 8.83. The van der Waals surface area contributed by atoms with Crippen molar-refractivity contribution >= 4 is 27.5 Å². The molecule has 1 unspecified atom stereocenters. The normalized spacial score (nSPS) is 16.8. The van der Waals surface area contributed by atoms with Gasteiger partial charge in [-0.15, -0.1) is 0 Å². The number of carbonyl (C=O) groups is 1. The minimum atomic E-state index is -0.146. The van der Waals surface area contributed by atoms with Gasteiger partial charge in [-0.05, 0) is 49.6 Å². The topological polar surface area (TPSA) is 47.6 Å². The number of carbonyl (C=O) groups excluding carboxylic acids is 1. The van der Waals surface area contributed by atoms with Crippen molar-refractivity contribution in [3.8, 4) is 5.75 Å². The van der Waals surface area contributed by atoms with Gasteiger partial charge >= 0.3 is 0 Å². The quantitative estimate of drug-likeness (QED) is 0.814. The van der Waals surface area contributed by atoms with Crippen LogP contribution in [0.25, 0.3) is 0 Å². The number of aryl methyl sites for hydroxylation is 1. The zero-order valence-corrected chi connectivity index (χ0v) is 15.1. The molecule has 2 aromatic carbocycles. The highest BCUT2D eigenvalue weighted by Gasteiger charge is 2.16. The lowest BCUT2D eigenvalue weighted by Gasteiger charge is -2.13. The van der Waals surface area contributed by atoms with E-state index in [2.05, 4.69) is 21.2 Å². The van der Waals surface area contributed by atoms with Crippen LogP contribution in [0.4, 0.5) is 5.69 Å². The van der Waals surface area contributed by atoms with Crippen LogP contribution in [0, 0.1) is 6.92 Å². The number of halogens is 1. The van der Waals surface area contributed by atoms with E-state index in [-0.39, 0.29) is 12.0 Å². The minimum Gasteiger partial charge on any atom is -0.491 e. The smallest absolute Gasteiger partial charge is 0.255 e. The predicted molar refractivity (Wildman–Crippen MR) is 97.7 cm³/mol. The van der Waals surface area contributed by atoms with Crippen LogP contribution in [0.15, 0.2) is 46.9 Å². The summed E-state index contributed by atoms with van der Waals surface area (Å²) in [5.74, 6) is 0.584. The number of nitrogens with one attached hydrogen (secondary N) is 1. The van der Waals surface area contributed by atoms with Gasteiger partial charge in [0.05, 0.1) is 6.10 Å². The van der Waals surface area contributed by atoms with Gasteiger partial charge in [-0.25, -0.2) is 0 Å². The van der Waals surface area contributed by atoms with Crippen molar-refractivity contribution in [2.24, 2.45) is 0 Å². The summed E-state index contributed by atoms with van der Waals surface area (Å²) in [6.07, 6.45) is 2.31. The fourth-order valence-electron chi connectivity index (χ4n) is 2.57. The Labute approximate surface area is 150 Å². The fourth-order valence-corrected chi connectivity index (χ4v) is 2.94. The van der Waals surface area contributed by atoms with Crippen LogP contribution in [0.5, 0.6) is 5.75 Å². The third-order valence-electron chi connectivity index (χ3n) is 3.99. The minimum absolute atomic E-state index is 0.146. The van der Waals surface area contributed by atoms with Crippen LogP contribution in [0.1, 0.15) is 28.8 Å². The Hall–Kier alpha value is -1.85. The largest absolute Gasteiger partial charge is 0.491 e. The summed E-state index contributed by atoms with van der Waals surface area (Å²) in [5, 5.41) is 2.90. The van der Waals surface area contributed by atoms with Gasteiger partial charge in [0.25, 0.3) is 5.91 Å². The molecule has 4 nitrogen and oxygen atoms in total. The van der Waals surface area contributed by atoms with Gasteiger partial charge in [0.1, 0.15) is 12.4 Å². The molecule has 0 aliphatic carbocycles. The molecule has 1 N–H and O–H groups in total. The Bertz CT molecular complexity index is 726. The van der Waals surface area contributed by atoms with Gasteiger partial charge in [-0.3, -0.25) is 4.79 Å². The van der Waals surface area contributed by atoms with E-state index in [0.717, 1.165) is 35.2 Å². The Morgan fingerprint density at radius 3 is 2.96 bits per heavy atom. The summed E-state index contributed by atoms with van der Waals surface area (Å²) >= 11 is 3.45. The Morgan fingerprint density at radius 1 is 1.33 bits per heavy atom. The lowest BCUT2D eigenvalue weighted by Crippen LogP contribution is -2.16. The summed E-state index contributed by atoms with van der Waals surface area (Å²) in [4.78, 5) is 12.4. The molecule has 2 aromatic rings. The standard InChI is InChI=1S/C19H20BrNO3/c1-13-7-8-14(10-18(13)20)19(22)21-15-4-2-5-16(11-15)24-12-17-6-3-9-23-17/h2,4-5,7-8,10-11,17H,3,6,9,12H2,1H3,(H,21,22). The Morgan fingerprint density at radius 2 is 2.21 bits per heavy atom. The monoisotopic (exact) mass is 389 g/mol. The number of anilines is 1. The summed E-state index contributed by atoms with van der Waals surface area (Å²) in [5.41, 5.74) is 2.41. The number of hydrogen-bond donors (Lipinski definition) is 1. The van der Waals surface area contributed by atoms with Crippen molar-refractivity contribution in [3.63, 3.8) is 0 Å². The van der Waals surface area contributed by atoms with Crippen molar-refractivity contribution in [3.05, 3.63) is 58.1 Å². The zero-order valence-electron chi connectivity index (χ0n) is 13.5. The van der Waals surface area contributed by atoms with E-state index < -0.39 is 0 Å². The third kappa shape index (κ3) is 4.36. The second-order valence-corrected chi connectivity index (χ2v) is 6.75. The van der Waals surface area contributed by atoms with E-state index in [1.807, 2.05) is 49.4 Å². The third-order valence-corrected chi connectivity index (χ3v) is 4.84. The first-order chi connectivity index (χ1) is 11.6. The maximum absolute atomic E-state index is 12.4. The predicted octanol–water partition coefficient (Wildman–Crippen LogP) is 4.57. The highest BCUT2D eigenvalue weighted by Crippen LogP contribution is 2.22. The molecule has 0 saturated carbocycles.